The number of non-ortho nitro benzene ring substituents is 1. The highest BCUT2D eigenvalue weighted by molar-refractivity contribution is 7.92. The largest absolute Gasteiger partial charge is 0.495 e. The van der Waals surface area contributed by atoms with E-state index < -0.39 is 14.9 Å². The molecular formula is C17H18ClN3O5S. The van der Waals surface area contributed by atoms with Crippen molar-refractivity contribution in [1.82, 2.24) is 4.42 Å². The number of hydrogen-bond donors (Lipinski definition) is 1. The van der Waals surface area contributed by atoms with Gasteiger partial charge in [-0.1, -0.05) is 0 Å². The van der Waals surface area contributed by atoms with Crippen LogP contribution in [0.1, 0.15) is 11.1 Å². The first-order valence-corrected chi connectivity index (χ1v) is 10.00. The van der Waals surface area contributed by atoms with E-state index in [1.54, 1.807) is 10.5 Å². The van der Waals surface area contributed by atoms with Crippen LogP contribution in [0.3, 0.4) is 0 Å². The fraction of sp³-hybridized carbons (Fsp3) is 0.294. The third kappa shape index (κ3) is 4.32. The molecule has 0 saturated carbocycles. The van der Waals surface area contributed by atoms with Crippen LogP contribution in [-0.4, -0.2) is 38.0 Å². The van der Waals surface area contributed by atoms with E-state index in [9.17, 15) is 18.5 Å². The predicted octanol–water partition coefficient (Wildman–Crippen LogP) is 2.96. The van der Waals surface area contributed by atoms with Crippen molar-refractivity contribution in [3.8, 4) is 5.75 Å². The van der Waals surface area contributed by atoms with Gasteiger partial charge in [0.2, 0.25) is 0 Å². The van der Waals surface area contributed by atoms with Gasteiger partial charge in [-0.25, -0.2) is 12.8 Å². The summed E-state index contributed by atoms with van der Waals surface area (Å²) in [4.78, 5) is 10.1. The molecule has 0 amide bonds. The average molecular weight is 412 g/mol. The number of halogens is 1. The maximum atomic E-state index is 12.7. The van der Waals surface area contributed by atoms with Gasteiger partial charge in [0.25, 0.3) is 15.7 Å². The number of nitrogens with one attached hydrogen (secondary N) is 1. The number of nitrogens with zero attached hydrogens (tertiary/aromatic N) is 2. The van der Waals surface area contributed by atoms with Gasteiger partial charge in [-0.3, -0.25) is 14.8 Å². The number of hydrogen-bond acceptors (Lipinski definition) is 6. The SMILES string of the molecule is COc1cc2c(cc1NS(=O)(=O)c1ccc([N+](=O)[O-])cc1)CCN(Cl)CC2. The zero-order valence-corrected chi connectivity index (χ0v) is 16.1. The Hall–Kier alpha value is -2.36. The van der Waals surface area contributed by atoms with Gasteiger partial charge < -0.3 is 4.74 Å². The number of anilines is 1. The van der Waals surface area contributed by atoms with Crippen molar-refractivity contribution in [1.29, 1.82) is 0 Å². The number of sulfonamides is 1. The van der Waals surface area contributed by atoms with Crippen LogP contribution in [0.4, 0.5) is 11.4 Å². The molecule has 2 aromatic rings. The maximum absolute atomic E-state index is 12.7. The lowest BCUT2D eigenvalue weighted by Crippen LogP contribution is -2.14. The van der Waals surface area contributed by atoms with Gasteiger partial charge in [0.1, 0.15) is 5.75 Å². The number of fused-ring (bicyclic) bond motifs is 1. The summed E-state index contributed by atoms with van der Waals surface area (Å²) in [7, 11) is -2.46. The van der Waals surface area contributed by atoms with E-state index in [1.165, 1.54) is 19.2 Å². The molecule has 144 valence electrons. The van der Waals surface area contributed by atoms with Gasteiger partial charge in [0, 0.05) is 25.2 Å². The number of nitro benzene ring substituents is 1. The van der Waals surface area contributed by atoms with Crippen molar-refractivity contribution in [3.63, 3.8) is 0 Å². The highest BCUT2D eigenvalue weighted by atomic mass is 35.5. The summed E-state index contributed by atoms with van der Waals surface area (Å²) in [6.45, 7) is 1.36. The van der Waals surface area contributed by atoms with Crippen molar-refractivity contribution < 1.29 is 18.1 Å². The highest BCUT2D eigenvalue weighted by Gasteiger charge is 2.21. The Balaban J connectivity index is 1.93. The molecule has 0 aliphatic carbocycles. The molecule has 0 aromatic heterocycles. The average Bonchev–Trinajstić information content (AvgIpc) is 2.82. The van der Waals surface area contributed by atoms with Crippen LogP contribution in [-0.2, 0) is 22.9 Å². The molecule has 1 N–H and O–H groups in total. The lowest BCUT2D eigenvalue weighted by molar-refractivity contribution is -0.384. The normalized spacial score (nSPS) is 14.9. The second-order valence-corrected chi connectivity index (χ2v) is 8.25. The van der Waals surface area contributed by atoms with E-state index in [1.807, 2.05) is 6.07 Å². The van der Waals surface area contributed by atoms with E-state index in [4.69, 9.17) is 16.5 Å². The standard InChI is InChI=1S/C17H18ClN3O5S/c1-26-17-11-13-7-9-20(18)8-6-12(13)10-16(17)19-27(24,25)15-4-2-14(3-5-15)21(22)23/h2-5,10-11,19H,6-9H2,1H3. The summed E-state index contributed by atoms with van der Waals surface area (Å²) in [5, 5.41) is 10.7. The van der Waals surface area contributed by atoms with Crippen molar-refractivity contribution >= 4 is 33.2 Å². The minimum absolute atomic E-state index is 0.0722. The van der Waals surface area contributed by atoms with Crippen LogP contribution < -0.4 is 9.46 Å². The first-order chi connectivity index (χ1) is 12.8. The molecule has 0 bridgehead atoms. The van der Waals surface area contributed by atoms with Gasteiger partial charge in [-0.2, -0.15) is 0 Å². The van der Waals surface area contributed by atoms with Crippen molar-refractivity contribution in [2.45, 2.75) is 17.7 Å². The predicted molar refractivity (Wildman–Crippen MR) is 102 cm³/mol. The first kappa shape index (κ1) is 19.4. The molecule has 2 aromatic carbocycles. The minimum atomic E-state index is -3.92. The number of methoxy groups -OCH3 is 1. The maximum Gasteiger partial charge on any atom is 0.269 e. The van der Waals surface area contributed by atoms with Crippen LogP contribution in [0.5, 0.6) is 5.75 Å². The van der Waals surface area contributed by atoms with Crippen LogP contribution in [0.2, 0.25) is 0 Å². The molecule has 1 aliphatic rings. The minimum Gasteiger partial charge on any atom is -0.495 e. The molecule has 1 heterocycles. The number of rotatable bonds is 5. The summed E-state index contributed by atoms with van der Waals surface area (Å²) >= 11 is 6.09. The van der Waals surface area contributed by atoms with Crippen molar-refractivity contribution in [2.75, 3.05) is 24.9 Å². The van der Waals surface area contributed by atoms with E-state index in [0.29, 0.717) is 30.9 Å². The zero-order chi connectivity index (χ0) is 19.6. The Morgan fingerprint density at radius 3 is 2.30 bits per heavy atom. The van der Waals surface area contributed by atoms with Crippen LogP contribution >= 0.6 is 11.8 Å². The van der Waals surface area contributed by atoms with Crippen LogP contribution in [0.25, 0.3) is 0 Å². The van der Waals surface area contributed by atoms with Gasteiger partial charge >= 0.3 is 0 Å². The quantitative estimate of drug-likeness (QED) is 0.461. The Bertz CT molecular complexity index is 963. The second kappa shape index (κ2) is 7.71. The monoisotopic (exact) mass is 411 g/mol. The topological polar surface area (TPSA) is 102 Å². The Kier molecular flexibility index (Phi) is 5.54. The van der Waals surface area contributed by atoms with E-state index >= 15 is 0 Å². The molecular weight excluding hydrogens is 394 g/mol. The van der Waals surface area contributed by atoms with Crippen molar-refractivity contribution in [3.05, 3.63) is 57.6 Å². The number of benzene rings is 2. The van der Waals surface area contributed by atoms with Gasteiger partial charge in [0.15, 0.2) is 0 Å². The molecule has 0 unspecified atom stereocenters. The summed E-state index contributed by atoms with van der Waals surface area (Å²) in [6, 6.07) is 8.27. The molecule has 3 rings (SSSR count). The Morgan fingerprint density at radius 2 is 1.74 bits per heavy atom. The molecule has 27 heavy (non-hydrogen) atoms. The lowest BCUT2D eigenvalue weighted by Gasteiger charge is -2.15. The number of ether oxygens (including phenoxy) is 1. The molecule has 8 nitrogen and oxygen atoms in total. The second-order valence-electron chi connectivity index (χ2n) is 6.09. The van der Waals surface area contributed by atoms with Crippen molar-refractivity contribution in [2.24, 2.45) is 0 Å². The molecule has 0 saturated heterocycles. The fourth-order valence-electron chi connectivity index (χ4n) is 2.93. The van der Waals surface area contributed by atoms with Gasteiger partial charge in [0.05, 0.1) is 22.6 Å². The van der Waals surface area contributed by atoms with E-state index in [2.05, 4.69) is 4.72 Å². The smallest absolute Gasteiger partial charge is 0.269 e. The molecule has 0 fully saturated rings. The zero-order valence-electron chi connectivity index (χ0n) is 14.5. The Morgan fingerprint density at radius 1 is 1.15 bits per heavy atom. The van der Waals surface area contributed by atoms with Gasteiger partial charge in [-0.15, -0.1) is 0 Å². The van der Waals surface area contributed by atoms with Crippen LogP contribution in [0.15, 0.2) is 41.3 Å². The molecule has 10 heteroatoms. The van der Waals surface area contributed by atoms with Gasteiger partial charge in [-0.05, 0) is 60.0 Å². The number of nitro groups is 1. The summed E-state index contributed by atoms with van der Waals surface area (Å²) in [5.74, 6) is 0.405. The first-order valence-electron chi connectivity index (χ1n) is 8.18. The summed E-state index contributed by atoms with van der Waals surface area (Å²) < 4.78 is 34.9. The molecule has 0 radical (unpaired) electrons. The molecule has 0 atom stereocenters. The van der Waals surface area contributed by atoms with Crippen LogP contribution in [0, 0.1) is 10.1 Å². The van der Waals surface area contributed by atoms with E-state index in [0.717, 1.165) is 29.7 Å². The third-order valence-electron chi connectivity index (χ3n) is 4.37. The fourth-order valence-corrected chi connectivity index (χ4v) is 4.16. The molecule has 1 aliphatic heterocycles. The summed E-state index contributed by atoms with van der Waals surface area (Å²) in [6.07, 6.45) is 1.43. The third-order valence-corrected chi connectivity index (χ3v) is 6.09. The Labute approximate surface area is 162 Å². The molecule has 0 spiro atoms. The highest BCUT2D eigenvalue weighted by Crippen LogP contribution is 2.32. The van der Waals surface area contributed by atoms with E-state index in [-0.39, 0.29) is 10.6 Å². The lowest BCUT2D eigenvalue weighted by atomic mass is 10.0. The summed E-state index contributed by atoms with van der Waals surface area (Å²) in [5.41, 5.74) is 2.20.